The lowest BCUT2D eigenvalue weighted by Gasteiger charge is -2.02. The van der Waals surface area contributed by atoms with E-state index < -0.39 is 0 Å². The second kappa shape index (κ2) is 10.5. The van der Waals surface area contributed by atoms with Crippen molar-refractivity contribution >= 4 is 39.6 Å². The van der Waals surface area contributed by atoms with Gasteiger partial charge >= 0.3 is 0 Å². The second-order valence-corrected chi connectivity index (χ2v) is 7.19. The predicted molar refractivity (Wildman–Crippen MR) is 105 cm³/mol. The highest BCUT2D eigenvalue weighted by Gasteiger charge is 1.99. The highest BCUT2D eigenvalue weighted by atomic mass is 79.9. The molecule has 0 bridgehead atoms. The van der Waals surface area contributed by atoms with Crippen molar-refractivity contribution in [3.05, 3.63) is 71.8 Å². The summed E-state index contributed by atoms with van der Waals surface area (Å²) in [6.45, 7) is 0. The molecule has 0 fully saturated rings. The standard InChI is InChI=1S/C20H21BrOS/c21-15-5-2-6-16-23-19-12-9-17(10-13-19)11-14-20(22)18-7-3-1-4-8-18/h1,3-4,7-14H,2,5-6,15-16H2/b14-11+. The Labute approximate surface area is 151 Å². The Morgan fingerprint density at radius 1 is 0.957 bits per heavy atom. The molecule has 0 spiro atoms. The number of allylic oxidation sites excluding steroid dienone is 1. The van der Waals surface area contributed by atoms with Gasteiger partial charge in [0.2, 0.25) is 0 Å². The summed E-state index contributed by atoms with van der Waals surface area (Å²) in [5.74, 6) is 1.20. The first-order valence-electron chi connectivity index (χ1n) is 7.86. The van der Waals surface area contributed by atoms with E-state index in [1.54, 1.807) is 6.08 Å². The molecular formula is C20H21BrOS. The number of halogens is 1. The zero-order chi connectivity index (χ0) is 16.3. The van der Waals surface area contributed by atoms with E-state index >= 15 is 0 Å². The first kappa shape index (κ1) is 18.0. The average Bonchev–Trinajstić information content (AvgIpc) is 2.61. The molecular weight excluding hydrogens is 368 g/mol. The first-order chi connectivity index (χ1) is 11.3. The van der Waals surface area contributed by atoms with Crippen LogP contribution in [0.25, 0.3) is 6.08 Å². The van der Waals surface area contributed by atoms with Gasteiger partial charge in [-0.05, 0) is 42.4 Å². The molecule has 0 aliphatic heterocycles. The highest BCUT2D eigenvalue weighted by molar-refractivity contribution is 9.09. The quantitative estimate of drug-likeness (QED) is 0.166. The Kier molecular flexibility index (Phi) is 8.19. The maximum atomic E-state index is 12.0. The summed E-state index contributed by atoms with van der Waals surface area (Å²) < 4.78 is 0. The molecule has 0 heterocycles. The summed E-state index contributed by atoms with van der Waals surface area (Å²) in [5.41, 5.74) is 1.78. The smallest absolute Gasteiger partial charge is 0.185 e. The van der Waals surface area contributed by atoms with Crippen LogP contribution in [-0.4, -0.2) is 16.9 Å². The number of thioether (sulfide) groups is 1. The number of hydrogen-bond acceptors (Lipinski definition) is 2. The second-order valence-electron chi connectivity index (χ2n) is 5.23. The average molecular weight is 389 g/mol. The van der Waals surface area contributed by atoms with Crippen molar-refractivity contribution in [3.8, 4) is 0 Å². The lowest BCUT2D eigenvalue weighted by molar-refractivity contribution is 0.104. The summed E-state index contributed by atoms with van der Waals surface area (Å²) >= 11 is 5.35. The van der Waals surface area contributed by atoms with Gasteiger partial charge in [0.25, 0.3) is 0 Å². The van der Waals surface area contributed by atoms with Gasteiger partial charge in [-0.1, -0.05) is 70.9 Å². The van der Waals surface area contributed by atoms with Crippen molar-refractivity contribution in [2.75, 3.05) is 11.1 Å². The number of ketones is 1. The Bertz CT molecular complexity index is 620. The maximum Gasteiger partial charge on any atom is 0.185 e. The third-order valence-electron chi connectivity index (χ3n) is 3.41. The van der Waals surface area contributed by atoms with Crippen LogP contribution in [0.4, 0.5) is 0 Å². The summed E-state index contributed by atoms with van der Waals surface area (Å²) in [6, 6.07) is 17.7. The van der Waals surface area contributed by atoms with Crippen LogP contribution in [0.5, 0.6) is 0 Å². The molecule has 0 atom stereocenters. The van der Waals surface area contributed by atoms with Crippen LogP contribution in [0, 0.1) is 0 Å². The van der Waals surface area contributed by atoms with E-state index in [9.17, 15) is 4.79 Å². The molecule has 0 aromatic heterocycles. The first-order valence-corrected chi connectivity index (χ1v) is 9.96. The Balaban J connectivity index is 1.82. The van der Waals surface area contributed by atoms with Crippen molar-refractivity contribution in [2.45, 2.75) is 24.2 Å². The Morgan fingerprint density at radius 2 is 1.70 bits per heavy atom. The van der Waals surface area contributed by atoms with Crippen LogP contribution < -0.4 is 0 Å². The summed E-state index contributed by atoms with van der Waals surface area (Å²) in [5, 5.41) is 1.10. The third kappa shape index (κ3) is 6.76. The third-order valence-corrected chi connectivity index (χ3v) is 5.07. The number of hydrogen-bond donors (Lipinski definition) is 0. The topological polar surface area (TPSA) is 17.1 Å². The van der Waals surface area contributed by atoms with E-state index in [4.69, 9.17) is 0 Å². The van der Waals surface area contributed by atoms with Crippen molar-refractivity contribution in [2.24, 2.45) is 0 Å². The monoisotopic (exact) mass is 388 g/mol. The SMILES string of the molecule is O=C(/C=C/c1ccc(SCCCCCBr)cc1)c1ccccc1. The number of rotatable bonds is 9. The van der Waals surface area contributed by atoms with Crippen molar-refractivity contribution in [1.82, 2.24) is 0 Å². The minimum absolute atomic E-state index is 0.0378. The molecule has 2 aromatic rings. The normalized spacial score (nSPS) is 11.0. The van der Waals surface area contributed by atoms with Gasteiger partial charge in [0.05, 0.1) is 0 Å². The highest BCUT2D eigenvalue weighted by Crippen LogP contribution is 2.20. The van der Waals surface area contributed by atoms with Crippen LogP contribution in [0.3, 0.4) is 0 Å². The molecule has 0 radical (unpaired) electrons. The predicted octanol–water partition coefficient (Wildman–Crippen LogP) is 6.24. The number of benzene rings is 2. The largest absolute Gasteiger partial charge is 0.289 e. The molecule has 2 aromatic carbocycles. The fourth-order valence-corrected chi connectivity index (χ4v) is 3.42. The van der Waals surface area contributed by atoms with Crippen LogP contribution in [0.2, 0.25) is 0 Å². The minimum Gasteiger partial charge on any atom is -0.289 e. The minimum atomic E-state index is 0.0378. The van der Waals surface area contributed by atoms with Gasteiger partial charge in [-0.3, -0.25) is 4.79 Å². The van der Waals surface area contributed by atoms with Gasteiger partial charge < -0.3 is 0 Å². The van der Waals surface area contributed by atoms with E-state index in [-0.39, 0.29) is 5.78 Å². The molecule has 120 valence electrons. The molecule has 0 saturated carbocycles. The van der Waals surface area contributed by atoms with Crippen molar-refractivity contribution in [3.63, 3.8) is 0 Å². The van der Waals surface area contributed by atoms with Crippen molar-refractivity contribution in [1.29, 1.82) is 0 Å². The van der Waals surface area contributed by atoms with Crippen LogP contribution in [0.15, 0.2) is 65.6 Å². The number of carbonyl (C=O) groups is 1. The van der Waals surface area contributed by atoms with E-state index in [1.807, 2.05) is 48.2 Å². The summed E-state index contributed by atoms with van der Waals surface area (Å²) in [7, 11) is 0. The molecule has 0 unspecified atom stereocenters. The molecule has 0 saturated heterocycles. The van der Waals surface area contributed by atoms with E-state index in [0.29, 0.717) is 0 Å². The van der Waals surface area contributed by atoms with Gasteiger partial charge in [-0.2, -0.15) is 0 Å². The fraction of sp³-hybridized carbons (Fsp3) is 0.250. The molecule has 23 heavy (non-hydrogen) atoms. The maximum absolute atomic E-state index is 12.0. The van der Waals surface area contributed by atoms with Crippen LogP contribution in [-0.2, 0) is 0 Å². The number of carbonyl (C=O) groups excluding carboxylic acids is 1. The molecule has 3 heteroatoms. The van der Waals surface area contributed by atoms with E-state index in [1.165, 1.54) is 24.2 Å². The van der Waals surface area contributed by atoms with Gasteiger partial charge in [0.15, 0.2) is 5.78 Å². The van der Waals surface area contributed by atoms with Crippen molar-refractivity contribution < 1.29 is 4.79 Å². The lowest BCUT2D eigenvalue weighted by Crippen LogP contribution is -1.92. The molecule has 2 rings (SSSR count). The summed E-state index contributed by atoms with van der Waals surface area (Å²) in [6.07, 6.45) is 7.29. The molecule has 1 nitrogen and oxygen atoms in total. The lowest BCUT2D eigenvalue weighted by atomic mass is 10.1. The van der Waals surface area contributed by atoms with E-state index in [2.05, 4.69) is 40.2 Å². The molecule has 0 aliphatic rings. The number of alkyl halides is 1. The molecule has 0 N–H and O–H groups in total. The zero-order valence-electron chi connectivity index (χ0n) is 13.1. The van der Waals surface area contributed by atoms with Crippen LogP contribution in [0.1, 0.15) is 35.2 Å². The fourth-order valence-electron chi connectivity index (χ4n) is 2.11. The summed E-state index contributed by atoms with van der Waals surface area (Å²) in [4.78, 5) is 13.3. The molecule has 0 aliphatic carbocycles. The van der Waals surface area contributed by atoms with Gasteiger partial charge in [-0.15, -0.1) is 11.8 Å². The van der Waals surface area contributed by atoms with Crippen LogP contribution >= 0.6 is 27.7 Å². The van der Waals surface area contributed by atoms with Gasteiger partial charge in [-0.25, -0.2) is 0 Å². The number of unbranched alkanes of at least 4 members (excludes halogenated alkanes) is 2. The zero-order valence-corrected chi connectivity index (χ0v) is 15.5. The Hall–Kier alpha value is -1.32. The van der Waals surface area contributed by atoms with Gasteiger partial charge in [0, 0.05) is 15.8 Å². The van der Waals surface area contributed by atoms with Gasteiger partial charge in [0.1, 0.15) is 0 Å². The van der Waals surface area contributed by atoms with E-state index in [0.717, 1.165) is 22.2 Å². The Morgan fingerprint density at radius 3 is 2.39 bits per heavy atom. The molecule has 0 amide bonds.